The monoisotopic (exact) mass is 407 g/mol. The van der Waals surface area contributed by atoms with Crippen LogP contribution in [0.15, 0.2) is 66.7 Å². The van der Waals surface area contributed by atoms with Crippen LogP contribution in [-0.2, 0) is 15.5 Å². The van der Waals surface area contributed by atoms with Crippen LogP contribution in [-0.4, -0.2) is 24.4 Å². The highest BCUT2D eigenvalue weighted by molar-refractivity contribution is 7.85. The number of fused-ring (bicyclic) bond motifs is 3. The summed E-state index contributed by atoms with van der Waals surface area (Å²) >= 11 is 0. The maximum atomic E-state index is 11.0. The molecule has 0 aromatic heterocycles. The van der Waals surface area contributed by atoms with Crippen LogP contribution < -0.4 is 4.58 Å². The van der Waals surface area contributed by atoms with Gasteiger partial charge in [-0.1, -0.05) is 48.9 Å². The van der Waals surface area contributed by atoms with Crippen molar-refractivity contribution in [3.05, 3.63) is 72.3 Å². The molecular formula is C24H25NO3S. The first-order valence-corrected chi connectivity index (χ1v) is 11.5. The van der Waals surface area contributed by atoms with Crippen LogP contribution >= 0.6 is 0 Å². The van der Waals surface area contributed by atoms with Gasteiger partial charge in [0, 0.05) is 36.4 Å². The van der Waals surface area contributed by atoms with E-state index >= 15 is 0 Å². The molecule has 0 spiro atoms. The summed E-state index contributed by atoms with van der Waals surface area (Å²) in [6.45, 7) is 4.40. The quantitative estimate of drug-likeness (QED) is 0.324. The molecule has 1 heterocycles. The first kappa shape index (κ1) is 19.8. The molecule has 150 valence electrons. The predicted octanol–water partition coefficient (Wildman–Crippen LogP) is 5.12. The van der Waals surface area contributed by atoms with Crippen LogP contribution in [0.3, 0.4) is 0 Å². The van der Waals surface area contributed by atoms with Gasteiger partial charge >= 0.3 is 0 Å². The highest BCUT2D eigenvalue weighted by Gasteiger charge is 2.47. The maximum absolute atomic E-state index is 11.0. The van der Waals surface area contributed by atoms with Crippen molar-refractivity contribution in [2.75, 3.05) is 5.75 Å². The number of benzene rings is 3. The van der Waals surface area contributed by atoms with Gasteiger partial charge in [0.1, 0.15) is 0 Å². The largest absolute Gasteiger partial charge is 0.748 e. The second-order valence-electron chi connectivity index (χ2n) is 7.99. The van der Waals surface area contributed by atoms with E-state index in [9.17, 15) is 13.0 Å². The van der Waals surface area contributed by atoms with E-state index < -0.39 is 10.1 Å². The Labute approximate surface area is 172 Å². The highest BCUT2D eigenvalue weighted by atomic mass is 32.2. The fourth-order valence-corrected chi connectivity index (χ4v) is 5.17. The Bertz CT molecular complexity index is 1200. The Morgan fingerprint density at radius 2 is 1.62 bits per heavy atom. The molecule has 1 atom stereocenters. The van der Waals surface area contributed by atoms with Gasteiger partial charge in [0.05, 0.1) is 15.5 Å². The predicted molar refractivity (Wildman–Crippen MR) is 118 cm³/mol. The molecule has 0 saturated heterocycles. The number of nitrogens with zero attached hydrogens (tertiary/aromatic N) is 1. The average molecular weight is 408 g/mol. The number of hydrogen-bond donors (Lipinski definition) is 0. The molecule has 0 amide bonds. The highest BCUT2D eigenvalue weighted by Crippen LogP contribution is 2.47. The van der Waals surface area contributed by atoms with E-state index in [1.807, 2.05) is 24.3 Å². The summed E-state index contributed by atoms with van der Waals surface area (Å²) in [7, 11) is -4.17. The standard InChI is InChI=1S/C24H25NO3S/c1-18-24(2,16-8-9-17-29(26,27)28)23-21-13-7-6-10-19(21)14-15-22(23)25(18)20-11-4-3-5-12-20/h3-7,10-15H,8-9,16-17H2,1-2H3. The van der Waals surface area contributed by atoms with Crippen molar-refractivity contribution in [2.45, 2.75) is 38.5 Å². The van der Waals surface area contributed by atoms with Gasteiger partial charge in [0.25, 0.3) is 0 Å². The van der Waals surface area contributed by atoms with Crippen molar-refractivity contribution in [1.29, 1.82) is 0 Å². The molecule has 29 heavy (non-hydrogen) atoms. The lowest BCUT2D eigenvalue weighted by Crippen LogP contribution is -2.30. The zero-order chi connectivity index (χ0) is 20.6. The third kappa shape index (κ3) is 3.61. The van der Waals surface area contributed by atoms with Crippen molar-refractivity contribution in [2.24, 2.45) is 0 Å². The lowest BCUT2D eigenvalue weighted by Gasteiger charge is -2.23. The second kappa shape index (κ2) is 7.39. The topological polar surface area (TPSA) is 60.2 Å². The minimum Gasteiger partial charge on any atom is -0.748 e. The molecule has 3 aromatic rings. The number of rotatable bonds is 6. The number of para-hydroxylation sites is 1. The third-order valence-corrected chi connectivity index (χ3v) is 6.96. The number of unbranched alkanes of at least 4 members (excludes halogenated alkanes) is 1. The average Bonchev–Trinajstić information content (AvgIpc) is 2.93. The van der Waals surface area contributed by atoms with Crippen LogP contribution in [0.4, 0.5) is 11.4 Å². The molecule has 0 aliphatic carbocycles. The molecule has 4 nitrogen and oxygen atoms in total. The van der Waals surface area contributed by atoms with Crippen LogP contribution in [0.1, 0.15) is 38.7 Å². The fourth-order valence-electron chi connectivity index (χ4n) is 4.61. The van der Waals surface area contributed by atoms with Gasteiger partial charge in [0.2, 0.25) is 11.4 Å². The fraction of sp³-hybridized carbons (Fsp3) is 0.292. The molecule has 0 radical (unpaired) electrons. The summed E-state index contributed by atoms with van der Waals surface area (Å²) < 4.78 is 35.3. The van der Waals surface area contributed by atoms with E-state index in [2.05, 4.69) is 60.9 Å². The summed E-state index contributed by atoms with van der Waals surface area (Å²) in [6, 6.07) is 23.1. The zero-order valence-corrected chi connectivity index (χ0v) is 17.6. The molecule has 1 aliphatic rings. The molecule has 0 saturated carbocycles. The first-order valence-electron chi connectivity index (χ1n) is 9.96. The smallest absolute Gasteiger partial charge is 0.216 e. The van der Waals surface area contributed by atoms with E-state index in [0.717, 1.165) is 12.1 Å². The van der Waals surface area contributed by atoms with E-state index in [4.69, 9.17) is 0 Å². The lowest BCUT2D eigenvalue weighted by molar-refractivity contribution is 0.457. The first-order chi connectivity index (χ1) is 13.8. The number of hydrogen-bond acceptors (Lipinski definition) is 3. The third-order valence-electron chi connectivity index (χ3n) is 6.17. The molecule has 3 aromatic carbocycles. The summed E-state index contributed by atoms with van der Waals surface area (Å²) in [5, 5.41) is 2.42. The summed E-state index contributed by atoms with van der Waals surface area (Å²) in [4.78, 5) is 0. The van der Waals surface area contributed by atoms with Crippen molar-refractivity contribution >= 4 is 38.0 Å². The van der Waals surface area contributed by atoms with Gasteiger partial charge in [-0.2, -0.15) is 4.58 Å². The van der Waals surface area contributed by atoms with E-state index in [1.54, 1.807) is 0 Å². The van der Waals surface area contributed by atoms with Gasteiger partial charge < -0.3 is 4.55 Å². The van der Waals surface area contributed by atoms with Gasteiger partial charge in [-0.05, 0) is 36.6 Å². The summed E-state index contributed by atoms with van der Waals surface area (Å²) in [5.41, 5.74) is 4.55. The Hall–Kier alpha value is -2.50. The Morgan fingerprint density at radius 1 is 0.931 bits per heavy atom. The van der Waals surface area contributed by atoms with Crippen LogP contribution in [0.5, 0.6) is 0 Å². The van der Waals surface area contributed by atoms with Gasteiger partial charge in [-0.15, -0.1) is 0 Å². The molecule has 1 unspecified atom stereocenters. The normalized spacial score (nSPS) is 19.0. The van der Waals surface area contributed by atoms with Crippen molar-refractivity contribution in [3.63, 3.8) is 0 Å². The Kier molecular flexibility index (Phi) is 5.05. The molecule has 0 bridgehead atoms. The minimum absolute atomic E-state index is 0.237. The SMILES string of the molecule is CC1=[N+](c2ccccc2)c2ccc3ccccc3c2C1(C)CCCCS(=O)(=O)[O-]. The lowest BCUT2D eigenvalue weighted by atomic mass is 9.74. The van der Waals surface area contributed by atoms with E-state index in [0.29, 0.717) is 12.8 Å². The minimum atomic E-state index is -4.17. The summed E-state index contributed by atoms with van der Waals surface area (Å²) in [6.07, 6.45) is 1.86. The van der Waals surface area contributed by atoms with Gasteiger partial charge in [-0.25, -0.2) is 8.42 Å². The van der Waals surface area contributed by atoms with Crippen molar-refractivity contribution in [1.82, 2.24) is 4.58 Å². The van der Waals surface area contributed by atoms with Crippen LogP contribution in [0.25, 0.3) is 10.8 Å². The van der Waals surface area contributed by atoms with Crippen molar-refractivity contribution < 1.29 is 13.0 Å². The van der Waals surface area contributed by atoms with Crippen LogP contribution in [0, 0.1) is 0 Å². The van der Waals surface area contributed by atoms with Gasteiger partial charge in [0.15, 0.2) is 5.71 Å². The molecule has 0 fully saturated rings. The van der Waals surface area contributed by atoms with E-state index in [-0.39, 0.29) is 11.2 Å². The molecule has 0 N–H and O–H groups in total. The maximum Gasteiger partial charge on any atom is 0.216 e. The molecule has 1 aliphatic heterocycles. The molecular weight excluding hydrogens is 382 g/mol. The van der Waals surface area contributed by atoms with Crippen molar-refractivity contribution in [3.8, 4) is 0 Å². The molecule has 4 rings (SSSR count). The second-order valence-corrected chi connectivity index (χ2v) is 9.51. The van der Waals surface area contributed by atoms with Crippen LogP contribution in [0.2, 0.25) is 0 Å². The van der Waals surface area contributed by atoms with E-state index in [1.165, 1.54) is 27.7 Å². The summed E-state index contributed by atoms with van der Waals surface area (Å²) in [5.74, 6) is -0.299. The zero-order valence-electron chi connectivity index (χ0n) is 16.8. The Morgan fingerprint density at radius 3 is 2.34 bits per heavy atom. The molecule has 5 heteroatoms. The van der Waals surface area contributed by atoms with Gasteiger partial charge in [-0.3, -0.25) is 0 Å². The Balaban J connectivity index is 1.84.